The van der Waals surface area contributed by atoms with Crippen LogP contribution in [0.1, 0.15) is 44.9 Å². The molecule has 0 radical (unpaired) electrons. The van der Waals surface area contributed by atoms with Crippen LogP contribution in [0, 0.1) is 17.7 Å². The van der Waals surface area contributed by atoms with Crippen LogP contribution in [0.5, 0.6) is 0 Å². The van der Waals surface area contributed by atoms with E-state index in [0.29, 0.717) is 62.4 Å². The van der Waals surface area contributed by atoms with Crippen molar-refractivity contribution in [2.45, 2.75) is 45.4 Å². The van der Waals surface area contributed by atoms with Crippen LogP contribution in [0.25, 0.3) is 0 Å². The van der Waals surface area contributed by atoms with Crippen LogP contribution >= 0.6 is 0 Å². The van der Waals surface area contributed by atoms with E-state index < -0.39 is 17.6 Å². The van der Waals surface area contributed by atoms with E-state index in [1.807, 2.05) is 11.8 Å². The molecule has 0 aromatic carbocycles. The van der Waals surface area contributed by atoms with Crippen LogP contribution in [0.15, 0.2) is 0 Å². The maximum Gasteiger partial charge on any atom is 0.243 e. The molecule has 2 amide bonds. The van der Waals surface area contributed by atoms with Gasteiger partial charge in [0.2, 0.25) is 18.1 Å². The molecule has 3 rings (SSSR count). The number of rotatable bonds is 12. The molecular formula is C22H36FN7O4. The van der Waals surface area contributed by atoms with Gasteiger partial charge in [0.1, 0.15) is 5.82 Å². The highest BCUT2D eigenvalue weighted by molar-refractivity contribution is 5.80. The van der Waals surface area contributed by atoms with Crippen LogP contribution in [0.4, 0.5) is 16.0 Å². The highest BCUT2D eigenvalue weighted by atomic mass is 19.1. The number of carbonyl (C=O) groups is 2. The van der Waals surface area contributed by atoms with E-state index in [0.717, 1.165) is 25.7 Å². The molecule has 190 valence electrons. The van der Waals surface area contributed by atoms with Crippen molar-refractivity contribution in [1.82, 2.24) is 25.4 Å². The van der Waals surface area contributed by atoms with E-state index in [9.17, 15) is 14.8 Å². The first-order chi connectivity index (χ1) is 16.4. The summed E-state index contributed by atoms with van der Waals surface area (Å²) in [6.45, 7) is 4.88. The smallest absolute Gasteiger partial charge is 0.243 e. The molecule has 1 aromatic rings. The third-order valence-corrected chi connectivity index (χ3v) is 6.58. The zero-order valence-electron chi connectivity index (χ0n) is 19.7. The molecular weight excluding hydrogens is 445 g/mol. The number of aliphatic hydroxyl groups is 1. The molecule has 0 bridgehead atoms. The number of halogens is 1. The van der Waals surface area contributed by atoms with E-state index in [1.165, 1.54) is 0 Å². The highest BCUT2D eigenvalue weighted by Gasteiger charge is 2.28. The normalized spacial score (nSPS) is 18.1. The first-order valence-electron chi connectivity index (χ1n) is 12.1. The molecule has 2 heterocycles. The second kappa shape index (κ2) is 12.8. The summed E-state index contributed by atoms with van der Waals surface area (Å²) in [5.74, 6) is -0.882. The van der Waals surface area contributed by atoms with E-state index in [4.69, 9.17) is 5.11 Å². The predicted octanol–water partition coefficient (Wildman–Crippen LogP) is 0.780. The van der Waals surface area contributed by atoms with E-state index in [2.05, 4.69) is 25.7 Å². The van der Waals surface area contributed by atoms with Gasteiger partial charge in [-0.1, -0.05) is 32.6 Å². The summed E-state index contributed by atoms with van der Waals surface area (Å²) in [7, 11) is 0. The summed E-state index contributed by atoms with van der Waals surface area (Å²) in [4.78, 5) is 36.3. The molecule has 1 aromatic heterocycles. The quantitative estimate of drug-likeness (QED) is 0.194. The Kier molecular flexibility index (Phi) is 9.78. The minimum Gasteiger partial charge on any atom is -0.395 e. The molecule has 12 heteroatoms. The number of nitrogens with one attached hydrogen (secondary N) is 2. The molecule has 11 nitrogen and oxygen atoms in total. The van der Waals surface area contributed by atoms with Gasteiger partial charge in [0.15, 0.2) is 11.6 Å². The topological polar surface area (TPSA) is 134 Å². The van der Waals surface area contributed by atoms with Crippen LogP contribution in [-0.4, -0.2) is 88.4 Å². The van der Waals surface area contributed by atoms with E-state index >= 15 is 4.39 Å². The third-order valence-electron chi connectivity index (χ3n) is 6.58. The Bertz CT molecular complexity index is 817. The molecule has 4 N–H and O–H groups in total. The lowest BCUT2D eigenvalue weighted by atomic mass is 9.92. The average Bonchev–Trinajstić information content (AvgIpc) is 3.36. The van der Waals surface area contributed by atoms with Crippen molar-refractivity contribution in [3.05, 3.63) is 11.6 Å². The Labute approximate surface area is 199 Å². The lowest BCUT2D eigenvalue weighted by Crippen LogP contribution is -2.48. The fourth-order valence-corrected chi connectivity index (χ4v) is 4.66. The lowest BCUT2D eigenvalue weighted by molar-refractivity contribution is -0.154. The number of amides is 2. The minimum atomic E-state index is -0.655. The third kappa shape index (κ3) is 6.97. The molecule has 1 aliphatic heterocycles. The predicted molar refractivity (Wildman–Crippen MR) is 123 cm³/mol. The number of aryl methyl sites for hydroxylation is 1. The second-order valence-corrected chi connectivity index (χ2v) is 8.96. The first kappa shape index (κ1) is 26.0. The van der Waals surface area contributed by atoms with Crippen LogP contribution in [-0.2, 0) is 16.0 Å². The summed E-state index contributed by atoms with van der Waals surface area (Å²) in [6, 6.07) is 0. The van der Waals surface area contributed by atoms with Crippen molar-refractivity contribution in [3.8, 4) is 0 Å². The van der Waals surface area contributed by atoms with Gasteiger partial charge in [0.05, 0.1) is 19.1 Å². The van der Waals surface area contributed by atoms with E-state index in [1.54, 1.807) is 0 Å². The maximum absolute atomic E-state index is 15.3. The molecule has 34 heavy (non-hydrogen) atoms. The fourth-order valence-electron chi connectivity index (χ4n) is 4.66. The summed E-state index contributed by atoms with van der Waals surface area (Å²) in [5.41, 5.74) is 5.13. The van der Waals surface area contributed by atoms with Gasteiger partial charge in [-0.2, -0.15) is 4.39 Å². The number of hydrogen-bond donors (Lipinski definition) is 4. The largest absolute Gasteiger partial charge is 0.395 e. The minimum absolute atomic E-state index is 0.0816. The maximum atomic E-state index is 15.3. The van der Waals surface area contributed by atoms with Gasteiger partial charge < -0.3 is 10.0 Å². The number of hydroxylamine groups is 2. The zero-order valence-corrected chi connectivity index (χ0v) is 19.7. The summed E-state index contributed by atoms with van der Waals surface area (Å²) < 4.78 is 15.3. The van der Waals surface area contributed by atoms with Crippen molar-refractivity contribution in [3.63, 3.8) is 0 Å². The van der Waals surface area contributed by atoms with Crippen molar-refractivity contribution in [2.24, 2.45) is 11.8 Å². The summed E-state index contributed by atoms with van der Waals surface area (Å²) in [6.07, 6.45) is 5.54. The monoisotopic (exact) mass is 481 g/mol. The number of anilines is 2. The number of carbonyl (C=O) groups excluding carboxylic acids is 2. The van der Waals surface area contributed by atoms with Crippen molar-refractivity contribution in [1.29, 1.82) is 0 Å². The number of aromatic nitrogens is 2. The Morgan fingerprint density at radius 1 is 1.26 bits per heavy atom. The molecule has 2 fully saturated rings. The van der Waals surface area contributed by atoms with Gasteiger partial charge in [-0.25, -0.2) is 15.0 Å². The van der Waals surface area contributed by atoms with Gasteiger partial charge in [0, 0.05) is 39.1 Å². The molecule has 0 unspecified atom stereocenters. The van der Waals surface area contributed by atoms with Crippen LogP contribution < -0.4 is 15.8 Å². The average molecular weight is 482 g/mol. The SMILES string of the molecule is CCc1nc(NNC(=O)[C@@H](CC2CCCC2)CN(O)C=O)c(F)c(N2CCN(CCO)CC2)n1. The first-order valence-corrected chi connectivity index (χ1v) is 12.1. The Balaban J connectivity index is 1.69. The fraction of sp³-hybridized carbons (Fsp3) is 0.727. The van der Waals surface area contributed by atoms with Gasteiger partial charge in [-0.15, -0.1) is 0 Å². The van der Waals surface area contributed by atoms with Crippen molar-refractivity contribution < 1.29 is 24.3 Å². The van der Waals surface area contributed by atoms with E-state index in [-0.39, 0.29) is 31.2 Å². The van der Waals surface area contributed by atoms with Gasteiger partial charge in [-0.05, 0) is 12.3 Å². The standard InChI is InChI=1S/C22H36FN7O4/c1-2-18-24-20(19(23)21(25-18)29-9-7-28(8-10-29)11-12-31)26-27-22(33)17(14-30(34)15-32)13-16-5-3-4-6-16/h15-17,31,34H,2-14H2,1H3,(H,27,33)(H,24,25,26)/t17-/m0/s1. The molecule has 2 aliphatic rings. The molecule has 1 saturated carbocycles. The number of hydrogen-bond acceptors (Lipinski definition) is 9. The van der Waals surface area contributed by atoms with Gasteiger partial charge in [0.25, 0.3) is 0 Å². The van der Waals surface area contributed by atoms with Crippen LogP contribution in [0.2, 0.25) is 0 Å². The van der Waals surface area contributed by atoms with Crippen molar-refractivity contribution in [2.75, 3.05) is 56.2 Å². The number of aliphatic hydroxyl groups excluding tert-OH is 1. The second-order valence-electron chi connectivity index (χ2n) is 8.96. The van der Waals surface area contributed by atoms with Crippen molar-refractivity contribution >= 4 is 24.0 Å². The number of piperazine rings is 1. The van der Waals surface area contributed by atoms with Gasteiger partial charge in [-0.3, -0.25) is 30.5 Å². The lowest BCUT2D eigenvalue weighted by Gasteiger charge is -2.35. The molecule has 0 spiro atoms. The Hall–Kier alpha value is -2.57. The Morgan fingerprint density at radius 2 is 1.97 bits per heavy atom. The summed E-state index contributed by atoms with van der Waals surface area (Å²) in [5, 5.41) is 19.2. The molecule has 1 saturated heterocycles. The number of β-amino-alcohol motifs (C(OH)–C–C–N with tert-alkyl or cyclic N) is 1. The number of nitrogens with zero attached hydrogens (tertiary/aromatic N) is 5. The highest BCUT2D eigenvalue weighted by Crippen LogP contribution is 2.31. The Morgan fingerprint density at radius 3 is 2.59 bits per heavy atom. The van der Waals surface area contributed by atoms with Crippen LogP contribution in [0.3, 0.4) is 0 Å². The molecule has 1 atom stereocenters. The number of hydrazine groups is 1. The zero-order chi connectivity index (χ0) is 24.5. The summed E-state index contributed by atoms with van der Waals surface area (Å²) >= 11 is 0. The van der Waals surface area contributed by atoms with Gasteiger partial charge >= 0.3 is 0 Å². The molecule has 1 aliphatic carbocycles.